The second-order valence-electron chi connectivity index (χ2n) is 4.39. The maximum atomic E-state index is 11.4. The summed E-state index contributed by atoms with van der Waals surface area (Å²) in [5, 5.41) is 15.8. The molecule has 3 rings (SSSR count). The van der Waals surface area contributed by atoms with E-state index < -0.39 is 0 Å². The number of nitrogens with zero attached hydrogens (tertiary/aromatic N) is 3. The van der Waals surface area contributed by atoms with Crippen molar-refractivity contribution in [2.75, 3.05) is 13.6 Å². The summed E-state index contributed by atoms with van der Waals surface area (Å²) in [6, 6.07) is 6.06. The Labute approximate surface area is 108 Å². The minimum Gasteiger partial charge on any atom is -0.508 e. The zero-order valence-electron chi connectivity index (χ0n) is 10.2. The molecule has 1 aliphatic rings. The van der Waals surface area contributed by atoms with Crippen LogP contribution in [0.25, 0.3) is 11.4 Å². The number of benzene rings is 1. The molecule has 1 atom stereocenters. The number of hydrogen-bond donors (Lipinski definition) is 2. The molecule has 0 radical (unpaired) electrons. The van der Waals surface area contributed by atoms with Gasteiger partial charge in [0, 0.05) is 12.6 Å². The molecule has 2 amide bonds. The van der Waals surface area contributed by atoms with Crippen molar-refractivity contribution in [2.45, 2.75) is 6.04 Å². The van der Waals surface area contributed by atoms with Crippen molar-refractivity contribution in [3.8, 4) is 17.1 Å². The van der Waals surface area contributed by atoms with Gasteiger partial charge in [-0.1, -0.05) is 5.16 Å². The van der Waals surface area contributed by atoms with Crippen molar-refractivity contribution < 1.29 is 14.4 Å². The Kier molecular flexibility index (Phi) is 2.59. The smallest absolute Gasteiger partial charge is 0.317 e. The van der Waals surface area contributed by atoms with Crippen molar-refractivity contribution in [3.63, 3.8) is 0 Å². The summed E-state index contributed by atoms with van der Waals surface area (Å²) in [6.07, 6.45) is 0. The molecule has 19 heavy (non-hydrogen) atoms. The van der Waals surface area contributed by atoms with Crippen LogP contribution in [0, 0.1) is 0 Å². The molecule has 0 saturated carbocycles. The second kappa shape index (κ2) is 4.27. The quantitative estimate of drug-likeness (QED) is 0.844. The van der Waals surface area contributed by atoms with E-state index in [0.717, 1.165) is 5.56 Å². The highest BCUT2D eigenvalue weighted by Crippen LogP contribution is 2.23. The van der Waals surface area contributed by atoms with E-state index in [1.165, 1.54) is 0 Å². The van der Waals surface area contributed by atoms with Crippen LogP contribution in [0.5, 0.6) is 5.75 Å². The molecular formula is C12H12N4O3. The maximum absolute atomic E-state index is 11.4. The van der Waals surface area contributed by atoms with Crippen LogP contribution in [0.15, 0.2) is 28.8 Å². The van der Waals surface area contributed by atoms with Crippen LogP contribution >= 0.6 is 0 Å². The highest BCUT2D eigenvalue weighted by Gasteiger charge is 2.31. The van der Waals surface area contributed by atoms with Gasteiger partial charge in [0.1, 0.15) is 11.8 Å². The monoisotopic (exact) mass is 260 g/mol. The lowest BCUT2D eigenvalue weighted by Gasteiger charge is -2.03. The van der Waals surface area contributed by atoms with Crippen LogP contribution in [0.4, 0.5) is 4.79 Å². The number of urea groups is 1. The fourth-order valence-electron chi connectivity index (χ4n) is 1.91. The van der Waals surface area contributed by atoms with Crippen LogP contribution < -0.4 is 5.32 Å². The predicted octanol–water partition coefficient (Wildman–Crippen LogP) is 1.14. The average Bonchev–Trinajstić information content (AvgIpc) is 2.99. The molecule has 0 aliphatic carbocycles. The molecule has 2 N–H and O–H groups in total. The van der Waals surface area contributed by atoms with Crippen molar-refractivity contribution in [2.24, 2.45) is 0 Å². The summed E-state index contributed by atoms with van der Waals surface area (Å²) in [5.41, 5.74) is 0.741. The van der Waals surface area contributed by atoms with Crippen LogP contribution in [0.2, 0.25) is 0 Å². The summed E-state index contributed by atoms with van der Waals surface area (Å²) in [7, 11) is 1.70. The third kappa shape index (κ3) is 2.10. The van der Waals surface area contributed by atoms with Crippen LogP contribution in [0.1, 0.15) is 11.9 Å². The van der Waals surface area contributed by atoms with Crippen molar-refractivity contribution in [1.82, 2.24) is 20.4 Å². The Bertz CT molecular complexity index is 608. The van der Waals surface area contributed by atoms with E-state index in [-0.39, 0.29) is 17.8 Å². The fourth-order valence-corrected chi connectivity index (χ4v) is 1.91. The molecule has 98 valence electrons. The first kappa shape index (κ1) is 11.5. The Hall–Kier alpha value is -2.57. The molecule has 0 bridgehead atoms. The van der Waals surface area contributed by atoms with Gasteiger partial charge in [0.05, 0.1) is 6.54 Å². The molecule has 1 saturated heterocycles. The van der Waals surface area contributed by atoms with Gasteiger partial charge in [-0.2, -0.15) is 4.98 Å². The number of amides is 2. The molecule has 0 spiro atoms. The lowest BCUT2D eigenvalue weighted by atomic mass is 10.2. The first-order chi connectivity index (χ1) is 9.13. The number of rotatable bonds is 2. The van der Waals surface area contributed by atoms with Gasteiger partial charge in [-0.05, 0) is 24.3 Å². The molecule has 7 heteroatoms. The molecule has 7 nitrogen and oxygen atoms in total. The highest BCUT2D eigenvalue weighted by atomic mass is 16.5. The van der Waals surface area contributed by atoms with E-state index in [1.807, 2.05) is 0 Å². The minimum atomic E-state index is -0.282. The SMILES string of the molecule is CN1CC(c2nc(-c3ccc(O)cc3)no2)NC1=O. The number of carbonyl (C=O) groups excluding carboxylic acids is 1. The summed E-state index contributed by atoms with van der Waals surface area (Å²) in [6.45, 7) is 0.496. The molecule has 1 unspecified atom stereocenters. The van der Waals surface area contributed by atoms with E-state index >= 15 is 0 Å². The first-order valence-corrected chi connectivity index (χ1v) is 5.78. The van der Waals surface area contributed by atoms with Gasteiger partial charge in [0.15, 0.2) is 0 Å². The Morgan fingerprint density at radius 1 is 1.42 bits per heavy atom. The minimum absolute atomic E-state index is 0.158. The number of hydrogen-bond acceptors (Lipinski definition) is 5. The maximum Gasteiger partial charge on any atom is 0.317 e. The van der Waals surface area contributed by atoms with Gasteiger partial charge in [-0.3, -0.25) is 0 Å². The van der Waals surface area contributed by atoms with E-state index in [1.54, 1.807) is 36.2 Å². The van der Waals surface area contributed by atoms with Gasteiger partial charge in [-0.15, -0.1) is 0 Å². The van der Waals surface area contributed by atoms with E-state index in [4.69, 9.17) is 4.52 Å². The summed E-state index contributed by atoms with van der Waals surface area (Å²) in [5.74, 6) is 0.983. The van der Waals surface area contributed by atoms with Gasteiger partial charge in [0.2, 0.25) is 5.82 Å². The fraction of sp³-hybridized carbons (Fsp3) is 0.250. The average molecular weight is 260 g/mol. The Balaban J connectivity index is 1.84. The predicted molar refractivity (Wildman–Crippen MR) is 65.3 cm³/mol. The molecule has 2 aromatic rings. The standard InChI is InChI=1S/C12H12N4O3/c1-16-6-9(13-12(16)18)11-14-10(15-19-11)7-2-4-8(17)5-3-7/h2-5,9,17H,6H2,1H3,(H,13,18). The second-order valence-corrected chi connectivity index (χ2v) is 4.39. The third-order valence-electron chi connectivity index (χ3n) is 2.97. The molecule has 1 aromatic carbocycles. The number of carbonyl (C=O) groups is 1. The largest absolute Gasteiger partial charge is 0.508 e. The lowest BCUT2D eigenvalue weighted by Crippen LogP contribution is -2.24. The van der Waals surface area contributed by atoms with Crippen molar-refractivity contribution in [3.05, 3.63) is 30.2 Å². The molecular weight excluding hydrogens is 248 g/mol. The highest BCUT2D eigenvalue weighted by molar-refractivity contribution is 5.76. The molecule has 1 aliphatic heterocycles. The van der Waals surface area contributed by atoms with E-state index in [0.29, 0.717) is 18.3 Å². The molecule has 1 fully saturated rings. The lowest BCUT2D eigenvalue weighted by molar-refractivity contribution is 0.226. The normalized spacial score (nSPS) is 18.7. The topological polar surface area (TPSA) is 91.5 Å². The van der Waals surface area contributed by atoms with E-state index in [2.05, 4.69) is 15.5 Å². The summed E-state index contributed by atoms with van der Waals surface area (Å²) < 4.78 is 5.16. The van der Waals surface area contributed by atoms with Gasteiger partial charge >= 0.3 is 6.03 Å². The van der Waals surface area contributed by atoms with Crippen molar-refractivity contribution in [1.29, 1.82) is 0 Å². The number of nitrogens with one attached hydrogen (secondary N) is 1. The third-order valence-corrected chi connectivity index (χ3v) is 2.97. The van der Waals surface area contributed by atoms with Gasteiger partial charge in [-0.25, -0.2) is 4.79 Å². The van der Waals surface area contributed by atoms with Crippen LogP contribution in [-0.4, -0.2) is 39.8 Å². The van der Waals surface area contributed by atoms with Crippen LogP contribution in [-0.2, 0) is 0 Å². The molecule has 1 aromatic heterocycles. The van der Waals surface area contributed by atoms with Crippen molar-refractivity contribution >= 4 is 6.03 Å². The number of aromatic nitrogens is 2. The summed E-state index contributed by atoms with van der Waals surface area (Å²) in [4.78, 5) is 17.2. The number of aromatic hydroxyl groups is 1. The Morgan fingerprint density at radius 2 is 2.16 bits per heavy atom. The Morgan fingerprint density at radius 3 is 2.79 bits per heavy atom. The molecule has 2 heterocycles. The zero-order valence-corrected chi connectivity index (χ0v) is 10.2. The summed E-state index contributed by atoms with van der Waals surface area (Å²) >= 11 is 0. The van der Waals surface area contributed by atoms with Gasteiger partial charge < -0.3 is 19.8 Å². The zero-order chi connectivity index (χ0) is 13.4. The van der Waals surface area contributed by atoms with Crippen LogP contribution in [0.3, 0.4) is 0 Å². The number of phenolic OH excluding ortho intramolecular Hbond substituents is 1. The first-order valence-electron chi connectivity index (χ1n) is 5.78. The number of phenols is 1. The van der Waals surface area contributed by atoms with E-state index in [9.17, 15) is 9.90 Å². The van der Waals surface area contributed by atoms with Gasteiger partial charge in [0.25, 0.3) is 5.89 Å². The number of likely N-dealkylation sites (N-methyl/N-ethyl adjacent to an activating group) is 1.